The van der Waals surface area contributed by atoms with Crippen LogP contribution >= 0.6 is 0 Å². The molecular formula is C14H17N3O3. The van der Waals surface area contributed by atoms with Gasteiger partial charge in [0.2, 0.25) is 11.8 Å². The number of hydrogen-bond donors (Lipinski definition) is 2. The van der Waals surface area contributed by atoms with E-state index in [0.717, 1.165) is 5.56 Å². The predicted octanol–water partition coefficient (Wildman–Crippen LogP) is 0.582. The largest absolute Gasteiger partial charge is 0.419 e. The van der Waals surface area contributed by atoms with Crippen molar-refractivity contribution in [3.05, 3.63) is 35.7 Å². The monoisotopic (exact) mass is 275 g/mol. The first kappa shape index (κ1) is 13.2. The van der Waals surface area contributed by atoms with Crippen LogP contribution in [0.5, 0.6) is 0 Å². The molecule has 6 heteroatoms. The van der Waals surface area contributed by atoms with E-state index in [-0.39, 0.29) is 0 Å². The van der Waals surface area contributed by atoms with Crippen LogP contribution in [-0.4, -0.2) is 50.6 Å². The van der Waals surface area contributed by atoms with Crippen molar-refractivity contribution < 1.29 is 14.6 Å². The number of aromatic nitrogens is 2. The van der Waals surface area contributed by atoms with Crippen LogP contribution in [0.4, 0.5) is 0 Å². The number of aryl methyl sites for hydroxylation is 1. The maximum absolute atomic E-state index is 9.50. The van der Waals surface area contributed by atoms with Crippen molar-refractivity contribution in [1.82, 2.24) is 15.1 Å². The Labute approximate surface area is 116 Å². The molecule has 20 heavy (non-hydrogen) atoms. The first-order valence-electron chi connectivity index (χ1n) is 6.60. The van der Waals surface area contributed by atoms with E-state index in [4.69, 9.17) is 4.42 Å². The molecule has 0 spiro atoms. The molecule has 6 nitrogen and oxygen atoms in total. The van der Waals surface area contributed by atoms with Crippen molar-refractivity contribution in [2.24, 2.45) is 0 Å². The molecule has 2 heterocycles. The summed E-state index contributed by atoms with van der Waals surface area (Å²) < 4.78 is 5.61. The van der Waals surface area contributed by atoms with Crippen LogP contribution in [0.3, 0.4) is 0 Å². The van der Waals surface area contributed by atoms with E-state index in [1.54, 1.807) is 0 Å². The maximum atomic E-state index is 9.50. The van der Waals surface area contributed by atoms with Crippen LogP contribution in [0.25, 0.3) is 11.5 Å². The Morgan fingerprint density at radius 2 is 1.80 bits per heavy atom. The fourth-order valence-corrected chi connectivity index (χ4v) is 2.30. The lowest BCUT2D eigenvalue weighted by Gasteiger charge is -2.10. The summed E-state index contributed by atoms with van der Waals surface area (Å²) in [5.74, 6) is 0.974. The zero-order valence-corrected chi connectivity index (χ0v) is 11.2. The number of aliphatic hydroxyl groups is 2. The fraction of sp³-hybridized carbons (Fsp3) is 0.429. The number of hydrogen-bond acceptors (Lipinski definition) is 6. The molecular weight excluding hydrogens is 258 g/mol. The summed E-state index contributed by atoms with van der Waals surface area (Å²) in [6, 6.07) is 7.87. The molecule has 1 aromatic heterocycles. The van der Waals surface area contributed by atoms with E-state index in [1.807, 2.05) is 36.1 Å². The number of aliphatic hydroxyl groups excluding tert-OH is 2. The van der Waals surface area contributed by atoms with Gasteiger partial charge in [-0.15, -0.1) is 10.2 Å². The molecule has 0 aliphatic carbocycles. The van der Waals surface area contributed by atoms with Crippen LogP contribution < -0.4 is 0 Å². The third kappa shape index (κ3) is 2.72. The Kier molecular flexibility index (Phi) is 3.52. The normalized spacial score (nSPS) is 23.4. The predicted molar refractivity (Wildman–Crippen MR) is 71.8 cm³/mol. The van der Waals surface area contributed by atoms with Crippen molar-refractivity contribution in [1.29, 1.82) is 0 Å². The standard InChI is InChI=1S/C14H17N3O3/c1-9-2-4-10(5-3-9)14-16-15-13(20-14)8-17-6-11(18)12(19)7-17/h2-5,11-12,18-19H,6-8H2,1H3. The third-order valence-corrected chi connectivity index (χ3v) is 3.46. The highest BCUT2D eigenvalue weighted by Gasteiger charge is 2.30. The van der Waals surface area contributed by atoms with E-state index in [1.165, 1.54) is 5.56 Å². The Balaban J connectivity index is 1.69. The van der Waals surface area contributed by atoms with E-state index >= 15 is 0 Å². The van der Waals surface area contributed by atoms with Crippen LogP contribution in [0, 0.1) is 6.92 Å². The lowest BCUT2D eigenvalue weighted by Crippen LogP contribution is -2.22. The highest BCUT2D eigenvalue weighted by molar-refractivity contribution is 5.52. The molecule has 0 bridgehead atoms. The van der Waals surface area contributed by atoms with Crippen LogP contribution in [0.15, 0.2) is 28.7 Å². The van der Waals surface area contributed by atoms with Gasteiger partial charge >= 0.3 is 0 Å². The van der Waals surface area contributed by atoms with E-state index < -0.39 is 12.2 Å². The fourth-order valence-electron chi connectivity index (χ4n) is 2.30. The van der Waals surface area contributed by atoms with Gasteiger partial charge < -0.3 is 14.6 Å². The van der Waals surface area contributed by atoms with Gasteiger partial charge in [0.05, 0.1) is 18.8 Å². The minimum atomic E-state index is -0.700. The molecule has 0 amide bonds. The van der Waals surface area contributed by atoms with Crippen molar-refractivity contribution in [2.45, 2.75) is 25.7 Å². The number of benzene rings is 1. The molecule has 0 saturated carbocycles. The molecule has 1 aliphatic heterocycles. The van der Waals surface area contributed by atoms with Gasteiger partial charge in [-0.1, -0.05) is 17.7 Å². The van der Waals surface area contributed by atoms with E-state index in [0.29, 0.717) is 31.4 Å². The summed E-state index contributed by atoms with van der Waals surface area (Å²) in [5, 5.41) is 27.0. The topological polar surface area (TPSA) is 82.6 Å². The van der Waals surface area contributed by atoms with E-state index in [2.05, 4.69) is 10.2 Å². The number of likely N-dealkylation sites (tertiary alicyclic amines) is 1. The zero-order chi connectivity index (χ0) is 14.1. The summed E-state index contributed by atoms with van der Waals surface area (Å²) >= 11 is 0. The lowest BCUT2D eigenvalue weighted by molar-refractivity contribution is 0.0572. The average molecular weight is 275 g/mol. The minimum absolute atomic E-state index is 0.420. The summed E-state index contributed by atoms with van der Waals surface area (Å²) in [4.78, 5) is 1.89. The summed E-state index contributed by atoms with van der Waals surface area (Å²) in [5.41, 5.74) is 2.06. The Hall–Kier alpha value is -1.76. The second-order valence-corrected chi connectivity index (χ2v) is 5.20. The molecule has 3 rings (SSSR count). The second-order valence-electron chi connectivity index (χ2n) is 5.20. The molecule has 1 saturated heterocycles. The summed E-state index contributed by atoms with van der Waals surface area (Å²) in [6.07, 6.45) is -1.40. The highest BCUT2D eigenvalue weighted by atomic mass is 16.4. The Morgan fingerprint density at radius 1 is 1.15 bits per heavy atom. The molecule has 1 aromatic carbocycles. The number of rotatable bonds is 3. The van der Waals surface area contributed by atoms with Gasteiger partial charge in [-0.05, 0) is 19.1 Å². The molecule has 2 aromatic rings. The van der Waals surface area contributed by atoms with Crippen molar-refractivity contribution >= 4 is 0 Å². The van der Waals surface area contributed by atoms with Gasteiger partial charge in [-0.25, -0.2) is 0 Å². The van der Waals surface area contributed by atoms with Crippen LogP contribution in [0.1, 0.15) is 11.5 Å². The average Bonchev–Trinajstić information content (AvgIpc) is 2.99. The van der Waals surface area contributed by atoms with Crippen molar-refractivity contribution in [3.8, 4) is 11.5 Å². The molecule has 0 radical (unpaired) electrons. The van der Waals surface area contributed by atoms with Gasteiger partial charge in [0.1, 0.15) is 0 Å². The first-order chi connectivity index (χ1) is 9.61. The molecule has 2 atom stereocenters. The van der Waals surface area contributed by atoms with Crippen molar-refractivity contribution in [3.63, 3.8) is 0 Å². The number of β-amino-alcohol motifs (C(OH)–C–C–N with tert-alkyl or cyclic N) is 2. The summed E-state index contributed by atoms with van der Waals surface area (Å²) in [6.45, 7) is 3.30. The lowest BCUT2D eigenvalue weighted by atomic mass is 10.1. The van der Waals surface area contributed by atoms with Gasteiger partial charge in [-0.3, -0.25) is 4.90 Å². The molecule has 2 N–H and O–H groups in total. The minimum Gasteiger partial charge on any atom is -0.419 e. The highest BCUT2D eigenvalue weighted by Crippen LogP contribution is 2.20. The molecule has 1 aliphatic rings. The van der Waals surface area contributed by atoms with Crippen LogP contribution in [0.2, 0.25) is 0 Å². The van der Waals surface area contributed by atoms with Gasteiger partial charge in [0.25, 0.3) is 0 Å². The third-order valence-electron chi connectivity index (χ3n) is 3.46. The second kappa shape index (κ2) is 5.32. The first-order valence-corrected chi connectivity index (χ1v) is 6.60. The van der Waals surface area contributed by atoms with Gasteiger partial charge in [0, 0.05) is 18.7 Å². The molecule has 2 unspecified atom stereocenters. The Morgan fingerprint density at radius 3 is 2.45 bits per heavy atom. The van der Waals surface area contributed by atoms with Gasteiger partial charge in [-0.2, -0.15) is 0 Å². The van der Waals surface area contributed by atoms with Gasteiger partial charge in [0.15, 0.2) is 0 Å². The summed E-state index contributed by atoms with van der Waals surface area (Å²) in [7, 11) is 0. The SMILES string of the molecule is Cc1ccc(-c2nnc(CN3CC(O)C(O)C3)o2)cc1. The maximum Gasteiger partial charge on any atom is 0.247 e. The van der Waals surface area contributed by atoms with Crippen molar-refractivity contribution in [2.75, 3.05) is 13.1 Å². The Bertz CT molecular complexity index is 572. The zero-order valence-electron chi connectivity index (χ0n) is 11.2. The number of nitrogens with zero attached hydrogens (tertiary/aromatic N) is 3. The van der Waals surface area contributed by atoms with E-state index in [9.17, 15) is 10.2 Å². The smallest absolute Gasteiger partial charge is 0.247 e. The molecule has 106 valence electrons. The van der Waals surface area contributed by atoms with Crippen LogP contribution in [-0.2, 0) is 6.54 Å². The molecule has 1 fully saturated rings. The quantitative estimate of drug-likeness (QED) is 0.852.